The highest BCUT2D eigenvalue weighted by Gasteiger charge is 2.44. The largest absolute Gasteiger partial charge is 0.391 e. The van der Waals surface area contributed by atoms with E-state index < -0.39 is 127 Å². The quantitative estimate of drug-likeness (QED) is 0.142. The van der Waals surface area contributed by atoms with Gasteiger partial charge in [0.15, 0.2) is 0 Å². The Morgan fingerprint density at radius 3 is 2.20 bits per heavy atom. The van der Waals surface area contributed by atoms with Crippen molar-refractivity contribution in [3.63, 3.8) is 0 Å². The van der Waals surface area contributed by atoms with Gasteiger partial charge in [0.2, 0.25) is 47.3 Å². The third-order valence-electron chi connectivity index (χ3n) is 11.2. The number of aromatic nitrogens is 1. The van der Waals surface area contributed by atoms with E-state index in [1.807, 2.05) is 0 Å². The van der Waals surface area contributed by atoms with Gasteiger partial charge in [-0.05, 0) is 23.5 Å². The number of carbonyl (C=O) groups excluding carboxylic acids is 9. The maximum atomic E-state index is 14.2. The number of aliphatic hydroxyl groups excluding tert-OH is 1. The predicted octanol–water partition coefficient (Wildman–Crippen LogP) is -2.65. The molecule has 5 rings (SSSR count). The summed E-state index contributed by atoms with van der Waals surface area (Å²) in [7, 11) is 0. The van der Waals surface area contributed by atoms with Crippen molar-refractivity contribution >= 4 is 75.9 Å². The van der Waals surface area contributed by atoms with Gasteiger partial charge in [-0.3, -0.25) is 38.4 Å². The standard InChI is InChI=1S/C39H54N10O11S/c1-5-18(3)31-36(57)42-14-29(52)43-26-17-61-37-22(21-9-7-8-10-23(21)45-37)12-24(33(54)41-15-30(53)46-31)48-60-39(59)32(19(4)6-2)47-35(56)27-11-20(50)16-49(27)38(58)25(13-28(40)51)44-34(26)55/h7-10,18-20,24-27,31-32,45,48,50H,5-6,11-17H2,1-4H3,(H2,40,51)(H,41,54)(H,42,57)(H,43,52)(H,44,55)(H,46,53)(H,47,56)/t18?,19-,20?,24?,25?,26?,27?,31?,32+/m1/s1. The second-order valence-corrected chi connectivity index (χ2v) is 16.6. The summed E-state index contributed by atoms with van der Waals surface area (Å²) in [6.07, 6.45) is -1.53. The number of carbonyl (C=O) groups is 9. The zero-order valence-corrected chi connectivity index (χ0v) is 35.1. The zero-order valence-electron chi connectivity index (χ0n) is 34.3. The van der Waals surface area contributed by atoms with Gasteiger partial charge in [0.1, 0.15) is 36.3 Å². The van der Waals surface area contributed by atoms with Crippen molar-refractivity contribution in [3.05, 3.63) is 29.8 Å². The number of hydrogen-bond acceptors (Lipinski definition) is 13. The SMILES string of the molecule is CCC(C)C1NC(=O)CNC(=O)C2Cc3c([nH]c4ccccc34)SCC(NC(=O)CNC1=O)C(=O)NC(CC(N)=O)C(=O)N1CC(O)CC1C(=O)N[C@@H]([C@H](C)CC)C(=O)ON2. The fourth-order valence-corrected chi connectivity index (χ4v) is 8.39. The Labute approximate surface area is 355 Å². The smallest absolute Gasteiger partial charge is 0.347 e. The number of benzene rings is 1. The average Bonchev–Trinajstić information content (AvgIpc) is 3.80. The van der Waals surface area contributed by atoms with E-state index in [4.69, 9.17) is 10.6 Å². The van der Waals surface area contributed by atoms with Crippen LogP contribution in [0.3, 0.4) is 0 Å². The normalized spacial score (nSPS) is 27.8. The molecule has 61 heavy (non-hydrogen) atoms. The lowest BCUT2D eigenvalue weighted by molar-refractivity contribution is -0.160. The molecule has 7 unspecified atom stereocenters. The Morgan fingerprint density at radius 2 is 1.51 bits per heavy atom. The van der Waals surface area contributed by atoms with Gasteiger partial charge < -0.3 is 57.5 Å². The van der Waals surface area contributed by atoms with Crippen LogP contribution in [0.5, 0.6) is 0 Å². The molecule has 332 valence electrons. The molecule has 22 heteroatoms. The minimum Gasteiger partial charge on any atom is -0.391 e. The molecule has 1 aromatic heterocycles. The molecule has 0 radical (unpaired) electrons. The van der Waals surface area contributed by atoms with Crippen molar-refractivity contribution in [2.24, 2.45) is 17.6 Å². The third-order valence-corrected chi connectivity index (χ3v) is 12.3. The number of aliphatic hydroxyl groups is 1. The monoisotopic (exact) mass is 870 g/mol. The van der Waals surface area contributed by atoms with Crippen LogP contribution in [0.2, 0.25) is 0 Å². The number of hydrogen-bond donors (Lipinski definition) is 10. The number of fused-ring (bicyclic) bond motifs is 5. The van der Waals surface area contributed by atoms with Gasteiger partial charge in [-0.1, -0.05) is 58.7 Å². The molecule has 2 bridgehead atoms. The number of H-pyrrole nitrogens is 1. The molecule has 1 saturated heterocycles. The van der Waals surface area contributed by atoms with E-state index in [2.05, 4.69) is 42.4 Å². The van der Waals surface area contributed by atoms with Crippen LogP contribution in [-0.4, -0.2) is 136 Å². The maximum absolute atomic E-state index is 14.2. The summed E-state index contributed by atoms with van der Waals surface area (Å²) in [6.45, 7) is 5.37. The van der Waals surface area contributed by atoms with E-state index in [1.165, 1.54) is 0 Å². The Bertz CT molecular complexity index is 2030. The summed E-state index contributed by atoms with van der Waals surface area (Å²) in [5.41, 5.74) is 9.22. The number of amides is 8. The fraction of sp³-hybridized carbons (Fsp3) is 0.564. The van der Waals surface area contributed by atoms with Crippen LogP contribution in [-0.2, 0) is 54.4 Å². The lowest BCUT2D eigenvalue weighted by Gasteiger charge is -2.30. The van der Waals surface area contributed by atoms with Gasteiger partial charge in [-0.15, -0.1) is 17.2 Å². The molecule has 4 heterocycles. The van der Waals surface area contributed by atoms with Gasteiger partial charge in [0, 0.05) is 36.0 Å². The molecule has 2 aromatic rings. The van der Waals surface area contributed by atoms with E-state index in [-0.39, 0.29) is 25.1 Å². The van der Waals surface area contributed by atoms with Crippen molar-refractivity contribution in [1.29, 1.82) is 0 Å². The Morgan fingerprint density at radius 1 is 0.852 bits per heavy atom. The molecule has 1 fully saturated rings. The summed E-state index contributed by atoms with van der Waals surface area (Å²) >= 11 is 1.06. The number of rotatable bonds is 6. The minimum absolute atomic E-state index is 0.168. The third kappa shape index (κ3) is 11.6. The fourth-order valence-electron chi connectivity index (χ4n) is 7.27. The van der Waals surface area contributed by atoms with E-state index in [0.717, 1.165) is 16.7 Å². The lowest BCUT2D eigenvalue weighted by Crippen LogP contribution is -2.59. The number of hydroxylamine groups is 1. The Balaban J connectivity index is 1.65. The highest BCUT2D eigenvalue weighted by atomic mass is 32.2. The summed E-state index contributed by atoms with van der Waals surface area (Å²) in [4.78, 5) is 132. The van der Waals surface area contributed by atoms with Crippen LogP contribution in [0.4, 0.5) is 0 Å². The summed E-state index contributed by atoms with van der Waals surface area (Å²) in [6, 6.07) is -1.22. The van der Waals surface area contributed by atoms with E-state index in [1.54, 1.807) is 52.0 Å². The molecule has 3 aliphatic heterocycles. The van der Waals surface area contributed by atoms with Crippen molar-refractivity contribution in [1.82, 2.24) is 47.3 Å². The molecule has 9 atom stereocenters. The second kappa shape index (κ2) is 20.7. The number of aromatic amines is 1. The van der Waals surface area contributed by atoms with Gasteiger partial charge >= 0.3 is 5.97 Å². The van der Waals surface area contributed by atoms with E-state index >= 15 is 0 Å². The lowest BCUT2D eigenvalue weighted by atomic mass is 9.98. The molecule has 1 aromatic carbocycles. The number of nitrogens with zero attached hydrogens (tertiary/aromatic N) is 1. The van der Waals surface area contributed by atoms with Crippen LogP contribution in [0.15, 0.2) is 29.3 Å². The summed E-state index contributed by atoms with van der Waals surface area (Å²) in [5, 5.41) is 27.1. The van der Waals surface area contributed by atoms with Gasteiger partial charge in [-0.25, -0.2) is 4.79 Å². The van der Waals surface area contributed by atoms with Gasteiger partial charge in [0.05, 0.1) is 30.6 Å². The first-order valence-electron chi connectivity index (χ1n) is 20.2. The number of thioether (sulfide) groups is 1. The zero-order chi connectivity index (χ0) is 44.5. The molecule has 3 aliphatic rings. The highest BCUT2D eigenvalue weighted by molar-refractivity contribution is 7.99. The number of nitrogens with one attached hydrogen (secondary N) is 8. The Hall–Kier alpha value is -5.74. The number of nitrogens with two attached hydrogens (primary N) is 1. The first-order valence-corrected chi connectivity index (χ1v) is 21.2. The number of primary amides is 1. The maximum Gasteiger partial charge on any atom is 0.347 e. The topological polar surface area (TPSA) is 312 Å². The minimum atomic E-state index is -1.66. The molecular formula is C39H54N10O11S. The molecule has 11 N–H and O–H groups in total. The van der Waals surface area contributed by atoms with Crippen molar-refractivity contribution in [2.75, 3.05) is 25.4 Å². The summed E-state index contributed by atoms with van der Waals surface area (Å²) in [5.74, 6) is -8.91. The first-order chi connectivity index (χ1) is 29.0. The van der Waals surface area contributed by atoms with Crippen molar-refractivity contribution in [2.45, 2.75) is 107 Å². The molecule has 0 spiro atoms. The van der Waals surface area contributed by atoms with Crippen molar-refractivity contribution in [3.8, 4) is 0 Å². The number of para-hydroxylation sites is 1. The average molecular weight is 871 g/mol. The van der Waals surface area contributed by atoms with Gasteiger partial charge in [0.25, 0.3) is 0 Å². The summed E-state index contributed by atoms with van der Waals surface area (Å²) < 4.78 is 0. The highest BCUT2D eigenvalue weighted by Crippen LogP contribution is 2.32. The van der Waals surface area contributed by atoms with Crippen LogP contribution in [0.1, 0.15) is 58.9 Å². The van der Waals surface area contributed by atoms with Crippen LogP contribution in [0, 0.1) is 11.8 Å². The van der Waals surface area contributed by atoms with E-state index in [0.29, 0.717) is 34.3 Å². The molecule has 0 aliphatic carbocycles. The second-order valence-electron chi connectivity index (χ2n) is 15.6. The van der Waals surface area contributed by atoms with Crippen molar-refractivity contribution < 1.29 is 53.1 Å². The molecule has 21 nitrogen and oxygen atoms in total. The van der Waals surface area contributed by atoms with Crippen LogP contribution < -0.4 is 43.1 Å². The van der Waals surface area contributed by atoms with Crippen LogP contribution in [0.25, 0.3) is 10.9 Å². The van der Waals surface area contributed by atoms with Gasteiger partial charge in [-0.2, -0.15) is 0 Å². The van der Waals surface area contributed by atoms with E-state index in [9.17, 15) is 48.3 Å². The molecule has 8 amide bonds. The Kier molecular flexibility index (Phi) is 15.7. The predicted molar refractivity (Wildman–Crippen MR) is 218 cm³/mol. The molecule has 0 saturated carbocycles. The first kappa shape index (κ1) is 46.3. The van der Waals surface area contributed by atoms with Crippen LogP contribution >= 0.6 is 11.8 Å². The molecular weight excluding hydrogens is 817 g/mol.